The molecule has 0 aliphatic heterocycles. The van der Waals surface area contributed by atoms with Gasteiger partial charge in [0.1, 0.15) is 23.3 Å². The zero-order chi connectivity index (χ0) is 21.1. The molecule has 5 nitrogen and oxygen atoms in total. The van der Waals surface area contributed by atoms with Gasteiger partial charge in [-0.1, -0.05) is 42.8 Å². The number of hydrogen-bond donors (Lipinski definition) is 0. The van der Waals surface area contributed by atoms with Crippen molar-refractivity contribution in [2.75, 3.05) is 0 Å². The van der Waals surface area contributed by atoms with Gasteiger partial charge in [0.15, 0.2) is 0 Å². The van der Waals surface area contributed by atoms with Crippen molar-refractivity contribution < 1.29 is 18.7 Å². The lowest BCUT2D eigenvalue weighted by Crippen LogP contribution is -2.09. The largest absolute Gasteiger partial charge is 0.460 e. The number of rotatable bonds is 5. The molecule has 0 N–H and O–H groups in total. The van der Waals surface area contributed by atoms with Crippen molar-refractivity contribution in [2.45, 2.75) is 13.3 Å². The predicted octanol–water partition coefficient (Wildman–Crippen LogP) is 6.02. The molecule has 150 valence electrons. The Morgan fingerprint density at radius 1 is 1.00 bits per heavy atom. The van der Waals surface area contributed by atoms with Crippen LogP contribution in [0.2, 0.25) is 5.02 Å². The van der Waals surface area contributed by atoms with E-state index in [0.29, 0.717) is 16.2 Å². The van der Waals surface area contributed by atoms with Crippen LogP contribution in [0.15, 0.2) is 82.2 Å². The van der Waals surface area contributed by atoms with Crippen LogP contribution in [-0.2, 0) is 6.42 Å². The molecule has 0 spiro atoms. The van der Waals surface area contributed by atoms with Gasteiger partial charge in [0.05, 0.1) is 16.0 Å². The van der Waals surface area contributed by atoms with Gasteiger partial charge in [0.25, 0.3) is 0 Å². The average Bonchev–Trinajstić information content (AvgIpc) is 2.76. The summed E-state index contributed by atoms with van der Waals surface area (Å²) in [6.07, 6.45) is 2.17. The highest BCUT2D eigenvalue weighted by molar-refractivity contribution is 6.33. The summed E-state index contributed by atoms with van der Waals surface area (Å²) in [4.78, 5) is 25.1. The van der Waals surface area contributed by atoms with Gasteiger partial charge in [-0.3, -0.25) is 4.79 Å². The van der Waals surface area contributed by atoms with Crippen LogP contribution >= 0.6 is 11.6 Å². The number of ether oxygens (including phenoxy) is 2. The monoisotopic (exact) mass is 420 g/mol. The van der Waals surface area contributed by atoms with Crippen LogP contribution in [0.25, 0.3) is 11.0 Å². The van der Waals surface area contributed by atoms with E-state index in [0.717, 1.165) is 6.42 Å². The van der Waals surface area contributed by atoms with Crippen molar-refractivity contribution in [2.24, 2.45) is 0 Å². The van der Waals surface area contributed by atoms with E-state index in [4.69, 9.17) is 25.5 Å². The Morgan fingerprint density at radius 2 is 1.73 bits per heavy atom. The van der Waals surface area contributed by atoms with Crippen molar-refractivity contribution in [1.29, 1.82) is 0 Å². The molecule has 1 aromatic heterocycles. The number of aryl methyl sites for hydroxylation is 1. The summed E-state index contributed by atoms with van der Waals surface area (Å²) in [6, 6.07) is 18.6. The molecule has 4 rings (SSSR count). The SMILES string of the molecule is CCc1ccc(Oc2coc3cc(OC(=O)c4ccccc4Cl)ccc3c2=O)cc1. The highest BCUT2D eigenvalue weighted by Gasteiger charge is 2.14. The third kappa shape index (κ3) is 4.07. The van der Waals surface area contributed by atoms with Crippen molar-refractivity contribution >= 4 is 28.5 Å². The maximum atomic E-state index is 12.7. The summed E-state index contributed by atoms with van der Waals surface area (Å²) < 4.78 is 16.6. The number of carbonyl (C=O) groups excluding carboxylic acids is 1. The fraction of sp³-hybridized carbons (Fsp3) is 0.0833. The minimum Gasteiger partial charge on any atom is -0.460 e. The van der Waals surface area contributed by atoms with E-state index >= 15 is 0 Å². The second kappa shape index (κ2) is 8.43. The third-order valence-electron chi connectivity index (χ3n) is 4.58. The lowest BCUT2D eigenvalue weighted by molar-refractivity contribution is 0.0735. The standard InChI is InChI=1S/C24H17ClO5/c1-2-15-7-9-16(10-8-15)29-22-14-28-21-13-17(11-12-19(21)23(22)26)30-24(27)18-5-3-4-6-20(18)25/h3-14H,2H2,1H3. The van der Waals surface area contributed by atoms with Gasteiger partial charge >= 0.3 is 5.97 Å². The molecule has 0 atom stereocenters. The van der Waals surface area contributed by atoms with Crippen molar-refractivity contribution in [3.05, 3.63) is 99.4 Å². The van der Waals surface area contributed by atoms with Crippen LogP contribution in [0.3, 0.4) is 0 Å². The zero-order valence-corrected chi connectivity index (χ0v) is 16.8. The predicted molar refractivity (Wildman–Crippen MR) is 115 cm³/mol. The summed E-state index contributed by atoms with van der Waals surface area (Å²) in [6.45, 7) is 2.06. The van der Waals surface area contributed by atoms with Crippen LogP contribution in [0.5, 0.6) is 17.2 Å². The maximum absolute atomic E-state index is 12.7. The summed E-state index contributed by atoms with van der Waals surface area (Å²) in [5.74, 6) is 0.258. The van der Waals surface area contributed by atoms with E-state index in [1.165, 1.54) is 30.0 Å². The first-order chi connectivity index (χ1) is 14.5. The Hall–Kier alpha value is -3.57. The Labute approximate surface area is 177 Å². The second-order valence-corrected chi connectivity index (χ2v) is 6.96. The fourth-order valence-corrected chi connectivity index (χ4v) is 3.15. The first-order valence-corrected chi connectivity index (χ1v) is 9.72. The molecule has 0 unspecified atom stereocenters. The lowest BCUT2D eigenvalue weighted by Gasteiger charge is -2.08. The summed E-state index contributed by atoms with van der Waals surface area (Å²) >= 11 is 6.03. The molecule has 30 heavy (non-hydrogen) atoms. The van der Waals surface area contributed by atoms with Crippen molar-refractivity contribution in [3.8, 4) is 17.2 Å². The van der Waals surface area contributed by atoms with Crippen LogP contribution in [0, 0.1) is 0 Å². The topological polar surface area (TPSA) is 65.7 Å². The number of fused-ring (bicyclic) bond motifs is 1. The van der Waals surface area contributed by atoms with E-state index in [2.05, 4.69) is 6.92 Å². The molecule has 0 aliphatic carbocycles. The van der Waals surface area contributed by atoms with Crippen LogP contribution in [0.4, 0.5) is 0 Å². The smallest absolute Gasteiger partial charge is 0.345 e. The van der Waals surface area contributed by atoms with Gasteiger partial charge < -0.3 is 13.9 Å². The molecule has 6 heteroatoms. The molecular weight excluding hydrogens is 404 g/mol. The first kappa shape index (κ1) is 19.7. The average molecular weight is 421 g/mol. The summed E-state index contributed by atoms with van der Waals surface area (Å²) in [5.41, 5.74) is 1.38. The molecule has 0 radical (unpaired) electrons. The van der Waals surface area contributed by atoms with E-state index in [9.17, 15) is 9.59 Å². The Bertz CT molecular complexity index is 1280. The molecule has 4 aromatic rings. The van der Waals surface area contributed by atoms with Crippen molar-refractivity contribution in [1.82, 2.24) is 0 Å². The summed E-state index contributed by atoms with van der Waals surface area (Å²) in [7, 11) is 0. The normalized spacial score (nSPS) is 10.7. The van der Waals surface area contributed by atoms with Gasteiger partial charge in [-0.15, -0.1) is 0 Å². The Kier molecular flexibility index (Phi) is 5.55. The molecule has 0 bridgehead atoms. The number of carbonyl (C=O) groups is 1. The van der Waals surface area contributed by atoms with E-state index in [1.54, 1.807) is 36.4 Å². The van der Waals surface area contributed by atoms with Gasteiger partial charge in [0.2, 0.25) is 11.2 Å². The van der Waals surface area contributed by atoms with E-state index < -0.39 is 5.97 Å². The minimum atomic E-state index is -0.599. The Morgan fingerprint density at radius 3 is 2.47 bits per heavy atom. The van der Waals surface area contributed by atoms with E-state index in [-0.39, 0.29) is 28.1 Å². The Balaban J connectivity index is 1.58. The molecule has 0 aliphatic rings. The molecule has 3 aromatic carbocycles. The molecule has 0 saturated carbocycles. The van der Waals surface area contributed by atoms with Crippen LogP contribution in [0.1, 0.15) is 22.8 Å². The highest BCUT2D eigenvalue weighted by Crippen LogP contribution is 2.25. The zero-order valence-electron chi connectivity index (χ0n) is 16.1. The minimum absolute atomic E-state index is 0.0764. The molecule has 1 heterocycles. The molecular formula is C24H17ClO5. The lowest BCUT2D eigenvalue weighted by atomic mass is 10.2. The number of esters is 1. The molecule has 0 fully saturated rings. The third-order valence-corrected chi connectivity index (χ3v) is 4.91. The maximum Gasteiger partial charge on any atom is 0.345 e. The van der Waals surface area contributed by atoms with Gasteiger partial charge in [-0.2, -0.15) is 0 Å². The van der Waals surface area contributed by atoms with Crippen LogP contribution < -0.4 is 14.9 Å². The molecule has 0 amide bonds. The number of halogens is 1. The quantitative estimate of drug-likeness (QED) is 0.291. The first-order valence-electron chi connectivity index (χ1n) is 9.34. The van der Waals surface area contributed by atoms with Gasteiger partial charge in [-0.05, 0) is 48.4 Å². The van der Waals surface area contributed by atoms with Gasteiger partial charge in [0, 0.05) is 6.07 Å². The second-order valence-electron chi connectivity index (χ2n) is 6.56. The fourth-order valence-electron chi connectivity index (χ4n) is 2.93. The van der Waals surface area contributed by atoms with E-state index in [1.807, 2.05) is 12.1 Å². The number of benzene rings is 3. The summed E-state index contributed by atoms with van der Waals surface area (Å²) in [5, 5.41) is 0.610. The van der Waals surface area contributed by atoms with Crippen LogP contribution in [-0.4, -0.2) is 5.97 Å². The van der Waals surface area contributed by atoms with Gasteiger partial charge in [-0.25, -0.2) is 4.79 Å². The molecule has 0 saturated heterocycles. The highest BCUT2D eigenvalue weighted by atomic mass is 35.5. The van der Waals surface area contributed by atoms with Crippen molar-refractivity contribution in [3.63, 3.8) is 0 Å². The number of hydrogen-bond acceptors (Lipinski definition) is 5.